The number of alkyl halides is 2. The van der Waals surface area contributed by atoms with Crippen molar-refractivity contribution in [2.75, 3.05) is 7.05 Å². The van der Waals surface area contributed by atoms with Gasteiger partial charge in [0.1, 0.15) is 5.75 Å². The second-order valence-corrected chi connectivity index (χ2v) is 6.38. The average Bonchev–Trinajstić information content (AvgIpc) is 3.05. The van der Waals surface area contributed by atoms with Gasteiger partial charge in [0.05, 0.1) is 17.2 Å². The Hall–Kier alpha value is -1.20. The molecule has 1 heterocycles. The normalized spacial score (nSPS) is 11.2. The van der Waals surface area contributed by atoms with E-state index in [4.69, 9.17) is 11.6 Å². The lowest BCUT2D eigenvalue weighted by molar-refractivity contribution is -0.0504. The Morgan fingerprint density at radius 1 is 1.35 bits per heavy atom. The summed E-state index contributed by atoms with van der Waals surface area (Å²) in [5.41, 5.74) is 1.44. The third kappa shape index (κ3) is 7.20. The highest BCUT2D eigenvalue weighted by Gasteiger charge is 2.11. The summed E-state index contributed by atoms with van der Waals surface area (Å²) in [5, 5.41) is 9.69. The van der Waals surface area contributed by atoms with Gasteiger partial charge in [-0.25, -0.2) is 4.98 Å². The molecule has 1 aromatic heterocycles. The fraction of sp³-hybridized carbons (Fsp3) is 0.375. The smallest absolute Gasteiger partial charge is 0.387 e. The van der Waals surface area contributed by atoms with E-state index in [-0.39, 0.29) is 36.3 Å². The van der Waals surface area contributed by atoms with Crippen LogP contribution < -0.4 is 15.4 Å². The maximum atomic E-state index is 12.5. The van der Waals surface area contributed by atoms with Crippen LogP contribution in [0.3, 0.4) is 0 Å². The number of thiazole rings is 1. The van der Waals surface area contributed by atoms with Crippen molar-refractivity contribution in [3.63, 3.8) is 0 Å². The number of hydrogen-bond donors (Lipinski definition) is 2. The maximum Gasteiger partial charge on any atom is 0.387 e. The van der Waals surface area contributed by atoms with Gasteiger partial charge in [0, 0.05) is 29.6 Å². The molecule has 1 aromatic carbocycles. The van der Waals surface area contributed by atoms with Gasteiger partial charge in [0.15, 0.2) is 5.96 Å². The molecule has 0 atom stereocenters. The number of nitrogens with zero attached hydrogens (tertiary/aromatic N) is 2. The summed E-state index contributed by atoms with van der Waals surface area (Å²) in [6.07, 6.45) is 0.902. The molecule has 144 valence electrons. The van der Waals surface area contributed by atoms with Crippen molar-refractivity contribution in [1.29, 1.82) is 0 Å². The molecule has 0 bridgehead atoms. The highest BCUT2D eigenvalue weighted by atomic mass is 127. The third-order valence-corrected chi connectivity index (χ3v) is 4.52. The zero-order chi connectivity index (χ0) is 18.2. The number of ether oxygens (including phenoxy) is 1. The fourth-order valence-corrected chi connectivity index (χ4v) is 3.00. The van der Waals surface area contributed by atoms with Crippen molar-refractivity contribution in [2.45, 2.75) is 33.0 Å². The lowest BCUT2D eigenvalue weighted by Crippen LogP contribution is -2.36. The van der Waals surface area contributed by atoms with E-state index >= 15 is 0 Å². The minimum absolute atomic E-state index is 0. The highest BCUT2D eigenvalue weighted by Crippen LogP contribution is 2.24. The second kappa shape index (κ2) is 11.5. The first-order chi connectivity index (χ1) is 12.0. The Morgan fingerprint density at radius 2 is 2.08 bits per heavy atom. The van der Waals surface area contributed by atoms with Gasteiger partial charge in [-0.2, -0.15) is 8.78 Å². The monoisotopic (exact) mass is 516 g/mol. The van der Waals surface area contributed by atoms with Crippen LogP contribution in [0.2, 0.25) is 5.02 Å². The molecule has 5 nitrogen and oxygen atoms in total. The molecule has 0 aliphatic rings. The molecule has 0 spiro atoms. The lowest BCUT2D eigenvalue weighted by atomic mass is 10.2. The average molecular weight is 517 g/mol. The molecule has 0 saturated carbocycles. The number of rotatable bonds is 7. The fourth-order valence-electron chi connectivity index (χ4n) is 2.06. The van der Waals surface area contributed by atoms with Gasteiger partial charge in [0.25, 0.3) is 0 Å². The quantitative estimate of drug-likeness (QED) is 0.324. The number of benzene rings is 1. The first kappa shape index (κ1) is 22.8. The lowest BCUT2D eigenvalue weighted by Gasteiger charge is -2.14. The molecular weight excluding hydrogens is 497 g/mol. The first-order valence-corrected chi connectivity index (χ1v) is 8.88. The number of halogens is 4. The van der Waals surface area contributed by atoms with Gasteiger partial charge in [-0.1, -0.05) is 18.5 Å². The van der Waals surface area contributed by atoms with Crippen molar-refractivity contribution in [1.82, 2.24) is 15.6 Å². The van der Waals surface area contributed by atoms with Gasteiger partial charge in [0.2, 0.25) is 0 Å². The molecule has 10 heteroatoms. The van der Waals surface area contributed by atoms with Crippen molar-refractivity contribution >= 4 is 52.9 Å². The minimum Gasteiger partial charge on any atom is -0.434 e. The van der Waals surface area contributed by atoms with E-state index in [9.17, 15) is 8.78 Å². The Balaban J connectivity index is 0.00000338. The molecule has 2 aromatic rings. The summed E-state index contributed by atoms with van der Waals surface area (Å²) in [4.78, 5) is 8.57. The zero-order valence-corrected chi connectivity index (χ0v) is 18.2. The summed E-state index contributed by atoms with van der Waals surface area (Å²) in [6.45, 7) is -0.0820. The summed E-state index contributed by atoms with van der Waals surface area (Å²) in [5.74, 6) is 0.600. The van der Waals surface area contributed by atoms with Crippen molar-refractivity contribution in [3.05, 3.63) is 44.9 Å². The number of aromatic nitrogens is 1. The topological polar surface area (TPSA) is 58.5 Å². The minimum atomic E-state index is -2.89. The van der Waals surface area contributed by atoms with Crippen LogP contribution in [0.1, 0.15) is 23.2 Å². The van der Waals surface area contributed by atoms with Crippen molar-refractivity contribution in [3.8, 4) is 5.75 Å². The van der Waals surface area contributed by atoms with Gasteiger partial charge < -0.3 is 15.4 Å². The van der Waals surface area contributed by atoms with Crippen LogP contribution in [0, 0.1) is 0 Å². The third-order valence-electron chi connectivity index (χ3n) is 3.25. The Morgan fingerprint density at radius 3 is 2.69 bits per heavy atom. The predicted molar refractivity (Wildman–Crippen MR) is 112 cm³/mol. The van der Waals surface area contributed by atoms with Gasteiger partial charge >= 0.3 is 6.61 Å². The molecule has 0 saturated heterocycles. The molecule has 2 N–H and O–H groups in total. The van der Waals surface area contributed by atoms with Crippen LogP contribution in [-0.2, 0) is 19.5 Å². The highest BCUT2D eigenvalue weighted by molar-refractivity contribution is 14.0. The van der Waals surface area contributed by atoms with E-state index in [1.165, 1.54) is 12.1 Å². The van der Waals surface area contributed by atoms with Gasteiger partial charge in [-0.15, -0.1) is 35.3 Å². The van der Waals surface area contributed by atoms with Crippen LogP contribution in [0.5, 0.6) is 5.75 Å². The summed E-state index contributed by atoms with van der Waals surface area (Å²) in [7, 11) is 1.63. The second-order valence-electron chi connectivity index (χ2n) is 5.00. The summed E-state index contributed by atoms with van der Waals surface area (Å²) in [6, 6.07) is 4.50. The summed E-state index contributed by atoms with van der Waals surface area (Å²) < 4.78 is 29.5. The molecular formula is C16H20ClF2IN4OS. The largest absolute Gasteiger partial charge is 0.434 e. The van der Waals surface area contributed by atoms with E-state index in [0.29, 0.717) is 23.1 Å². The van der Waals surface area contributed by atoms with Crippen molar-refractivity contribution < 1.29 is 13.5 Å². The number of aliphatic imine (C=N–C) groups is 1. The van der Waals surface area contributed by atoms with E-state index < -0.39 is 6.61 Å². The van der Waals surface area contributed by atoms with Gasteiger partial charge in [-0.3, -0.25) is 4.99 Å². The Labute approximate surface area is 177 Å². The maximum absolute atomic E-state index is 12.5. The molecule has 0 fully saturated rings. The molecule has 0 aliphatic carbocycles. The zero-order valence-electron chi connectivity index (χ0n) is 14.3. The predicted octanol–water partition coefficient (Wildman–Crippen LogP) is 4.44. The Bertz CT molecular complexity index is 730. The van der Waals surface area contributed by atoms with Crippen LogP contribution in [0.4, 0.5) is 8.78 Å². The number of hydrogen-bond acceptors (Lipinski definition) is 4. The number of aryl methyl sites for hydroxylation is 1. The van der Waals surface area contributed by atoms with Crippen molar-refractivity contribution in [2.24, 2.45) is 4.99 Å². The number of guanidine groups is 1. The Kier molecular flexibility index (Phi) is 10.1. The summed E-state index contributed by atoms with van der Waals surface area (Å²) >= 11 is 7.55. The molecule has 26 heavy (non-hydrogen) atoms. The van der Waals surface area contributed by atoms with Crippen LogP contribution in [-0.4, -0.2) is 24.6 Å². The standard InChI is InChI=1S/C16H19ClF2N4OS.HI/c1-3-14-23-12(9-25-14)8-22-16(20-2)21-7-10-6-11(17)4-5-13(10)24-15(18)19;/h4-6,9,15H,3,7-8H2,1-2H3,(H2,20,21,22);1H. The molecule has 0 aliphatic heterocycles. The molecule has 0 unspecified atom stereocenters. The van der Waals surface area contributed by atoms with E-state index in [0.717, 1.165) is 17.1 Å². The van der Waals surface area contributed by atoms with E-state index in [1.807, 2.05) is 5.38 Å². The van der Waals surface area contributed by atoms with Crippen LogP contribution >= 0.6 is 46.9 Å². The number of nitrogens with one attached hydrogen (secondary N) is 2. The van der Waals surface area contributed by atoms with Crippen LogP contribution in [0.25, 0.3) is 0 Å². The molecule has 2 rings (SSSR count). The first-order valence-electron chi connectivity index (χ1n) is 7.62. The molecule has 0 radical (unpaired) electrons. The molecule has 0 amide bonds. The van der Waals surface area contributed by atoms with Gasteiger partial charge in [-0.05, 0) is 24.6 Å². The SMILES string of the molecule is CCc1nc(CNC(=NC)NCc2cc(Cl)ccc2OC(F)F)cs1.I. The van der Waals surface area contributed by atoms with E-state index in [1.54, 1.807) is 24.5 Å². The van der Waals surface area contributed by atoms with E-state index in [2.05, 4.69) is 32.3 Å². The van der Waals surface area contributed by atoms with Crippen LogP contribution in [0.15, 0.2) is 28.6 Å².